The number of amides is 1. The second-order valence-corrected chi connectivity index (χ2v) is 3.51. The van der Waals surface area contributed by atoms with Crippen LogP contribution in [0.5, 0.6) is 0 Å². The van der Waals surface area contributed by atoms with Gasteiger partial charge < -0.3 is 10.2 Å². The van der Waals surface area contributed by atoms with Crippen LogP contribution in [0.1, 0.15) is 19.8 Å². The fraction of sp³-hybridized carbons (Fsp3) is 0.875. The molecule has 0 saturated carbocycles. The van der Waals surface area contributed by atoms with Crippen molar-refractivity contribution in [3.8, 4) is 0 Å². The highest BCUT2D eigenvalue weighted by Crippen LogP contribution is 2.16. The van der Waals surface area contributed by atoms with Crippen molar-refractivity contribution >= 4 is 5.91 Å². The van der Waals surface area contributed by atoms with E-state index in [1.54, 1.807) is 0 Å². The van der Waals surface area contributed by atoms with Crippen molar-refractivity contribution in [1.29, 1.82) is 0 Å². The number of hydrogen-bond acceptors (Lipinski definition) is 2. The zero-order valence-electron chi connectivity index (χ0n) is 6.84. The van der Waals surface area contributed by atoms with Gasteiger partial charge in [-0.1, -0.05) is 0 Å². The molecule has 11 heavy (non-hydrogen) atoms. The molecule has 0 aliphatic carbocycles. The van der Waals surface area contributed by atoms with Crippen molar-refractivity contribution in [2.45, 2.75) is 31.8 Å². The van der Waals surface area contributed by atoms with Crippen molar-refractivity contribution in [2.24, 2.45) is 0 Å². The van der Waals surface area contributed by atoms with Gasteiger partial charge in [0.05, 0.1) is 6.04 Å². The Kier molecular flexibility index (Phi) is 1.60. The van der Waals surface area contributed by atoms with Gasteiger partial charge in [-0.25, -0.2) is 0 Å². The molecule has 1 amide bonds. The van der Waals surface area contributed by atoms with Gasteiger partial charge in [0.1, 0.15) is 0 Å². The number of hydrogen-bond donors (Lipinski definition) is 1. The lowest BCUT2D eigenvalue weighted by molar-refractivity contribution is -0.138. The molecule has 2 bridgehead atoms. The van der Waals surface area contributed by atoms with E-state index in [-0.39, 0.29) is 11.9 Å². The average Bonchev–Trinajstić information content (AvgIpc) is 2.01. The summed E-state index contributed by atoms with van der Waals surface area (Å²) in [5.74, 6) is 0.279. The number of fused-ring (bicyclic) bond motifs is 2. The third-order valence-electron chi connectivity index (χ3n) is 2.59. The molecular weight excluding hydrogens is 140 g/mol. The molecule has 0 aromatic carbocycles. The normalized spacial score (nSPS) is 37.5. The summed E-state index contributed by atoms with van der Waals surface area (Å²) in [6.07, 6.45) is 2.39. The molecule has 1 N–H and O–H groups in total. The molecule has 2 aliphatic heterocycles. The molecule has 2 fully saturated rings. The number of nitrogens with one attached hydrogen (secondary N) is 1. The summed E-state index contributed by atoms with van der Waals surface area (Å²) in [5, 5.41) is 3.31. The molecule has 2 atom stereocenters. The van der Waals surface area contributed by atoms with E-state index in [1.165, 1.54) is 6.42 Å². The molecule has 0 spiro atoms. The molecule has 2 aliphatic rings. The van der Waals surface area contributed by atoms with Gasteiger partial charge >= 0.3 is 0 Å². The second kappa shape index (κ2) is 2.48. The Bertz CT molecular complexity index is 179. The fourth-order valence-electron chi connectivity index (χ4n) is 2.01. The maximum atomic E-state index is 11.4. The average molecular weight is 154 g/mol. The van der Waals surface area contributed by atoms with E-state index >= 15 is 0 Å². The summed E-state index contributed by atoms with van der Waals surface area (Å²) in [4.78, 5) is 13.4. The second-order valence-electron chi connectivity index (χ2n) is 3.51. The van der Waals surface area contributed by atoms with Gasteiger partial charge in [-0.15, -0.1) is 0 Å². The van der Waals surface area contributed by atoms with Crippen molar-refractivity contribution < 1.29 is 4.79 Å². The molecule has 0 aromatic rings. The number of carbonyl (C=O) groups is 1. The first-order valence-corrected chi connectivity index (χ1v) is 4.32. The van der Waals surface area contributed by atoms with Crippen LogP contribution in [0.2, 0.25) is 0 Å². The largest absolute Gasteiger partial charge is 0.340 e. The van der Waals surface area contributed by atoms with E-state index in [0.29, 0.717) is 6.04 Å². The van der Waals surface area contributed by atoms with E-state index in [1.807, 2.05) is 11.8 Å². The first-order valence-electron chi connectivity index (χ1n) is 4.32. The Morgan fingerprint density at radius 2 is 2.45 bits per heavy atom. The highest BCUT2D eigenvalue weighted by molar-refractivity contribution is 5.82. The summed E-state index contributed by atoms with van der Waals surface area (Å²) in [6, 6.07) is 0.616. The zero-order valence-corrected chi connectivity index (χ0v) is 6.84. The Morgan fingerprint density at radius 1 is 1.64 bits per heavy atom. The van der Waals surface area contributed by atoms with E-state index in [2.05, 4.69) is 5.32 Å². The number of carbonyl (C=O) groups excluding carboxylic acids is 1. The number of piperidine rings is 1. The predicted octanol–water partition coefficient (Wildman–Crippen LogP) is -0.0309. The molecular formula is C8H14N2O. The first kappa shape index (κ1) is 7.10. The topological polar surface area (TPSA) is 32.3 Å². The Morgan fingerprint density at radius 3 is 3.27 bits per heavy atom. The van der Waals surface area contributed by atoms with Crippen molar-refractivity contribution in [3.63, 3.8) is 0 Å². The van der Waals surface area contributed by atoms with Crippen LogP contribution < -0.4 is 5.32 Å². The smallest absolute Gasteiger partial charge is 0.239 e. The highest BCUT2D eigenvalue weighted by atomic mass is 16.2. The van der Waals surface area contributed by atoms with Crippen LogP contribution in [-0.2, 0) is 4.79 Å². The number of piperazine rings is 1. The van der Waals surface area contributed by atoms with Gasteiger partial charge in [-0.05, 0) is 19.8 Å². The maximum absolute atomic E-state index is 11.4. The molecule has 3 heteroatoms. The quantitative estimate of drug-likeness (QED) is 0.531. The van der Waals surface area contributed by atoms with Crippen LogP contribution in [-0.4, -0.2) is 36.0 Å². The van der Waals surface area contributed by atoms with Gasteiger partial charge in [0.2, 0.25) is 5.91 Å². The van der Waals surface area contributed by atoms with E-state index < -0.39 is 0 Å². The minimum absolute atomic E-state index is 0.0500. The number of rotatable bonds is 0. The van der Waals surface area contributed by atoms with Crippen LogP contribution in [0.25, 0.3) is 0 Å². The summed E-state index contributed by atoms with van der Waals surface area (Å²) < 4.78 is 0. The monoisotopic (exact) mass is 154 g/mol. The third-order valence-corrected chi connectivity index (χ3v) is 2.59. The molecule has 2 heterocycles. The highest BCUT2D eigenvalue weighted by Gasteiger charge is 2.32. The summed E-state index contributed by atoms with van der Waals surface area (Å²) in [7, 11) is 0. The standard InChI is InChI=1S/C8H14N2O/c1-6-8(11)10-4-2-3-7(5-10)9-6/h6-7,9H,2-5H2,1H3. The van der Waals surface area contributed by atoms with Crippen molar-refractivity contribution in [1.82, 2.24) is 10.2 Å². The SMILES string of the molecule is CC1NC2CCCN(C2)C1=O. The summed E-state index contributed by atoms with van der Waals surface area (Å²) in [6.45, 7) is 3.86. The predicted molar refractivity (Wildman–Crippen MR) is 42.2 cm³/mol. The first-order chi connectivity index (χ1) is 5.27. The van der Waals surface area contributed by atoms with Crippen molar-refractivity contribution in [2.75, 3.05) is 13.1 Å². The molecule has 0 aromatic heterocycles. The van der Waals surface area contributed by atoms with Gasteiger partial charge in [0.15, 0.2) is 0 Å². The van der Waals surface area contributed by atoms with Crippen LogP contribution in [0, 0.1) is 0 Å². The molecule has 3 nitrogen and oxygen atoms in total. The minimum atomic E-state index is 0.0500. The van der Waals surface area contributed by atoms with E-state index in [4.69, 9.17) is 0 Å². The summed E-state index contributed by atoms with van der Waals surface area (Å²) in [5.41, 5.74) is 0. The van der Waals surface area contributed by atoms with E-state index in [0.717, 1.165) is 19.5 Å². The molecule has 2 unspecified atom stereocenters. The lowest BCUT2D eigenvalue weighted by Crippen LogP contribution is -2.61. The molecule has 2 saturated heterocycles. The Labute approximate surface area is 66.8 Å². The van der Waals surface area contributed by atoms with Crippen LogP contribution in [0.4, 0.5) is 0 Å². The van der Waals surface area contributed by atoms with Crippen LogP contribution >= 0.6 is 0 Å². The lowest BCUT2D eigenvalue weighted by Gasteiger charge is -2.41. The lowest BCUT2D eigenvalue weighted by atomic mass is 10.0. The minimum Gasteiger partial charge on any atom is -0.340 e. The molecule has 62 valence electrons. The Balaban J connectivity index is 2.11. The zero-order chi connectivity index (χ0) is 7.84. The van der Waals surface area contributed by atoms with Gasteiger partial charge in [0, 0.05) is 19.1 Å². The maximum Gasteiger partial charge on any atom is 0.239 e. The molecule has 2 rings (SSSR count). The van der Waals surface area contributed by atoms with E-state index in [9.17, 15) is 4.79 Å². The fourth-order valence-corrected chi connectivity index (χ4v) is 2.01. The number of nitrogens with zero attached hydrogens (tertiary/aromatic N) is 1. The van der Waals surface area contributed by atoms with Gasteiger partial charge in [0.25, 0.3) is 0 Å². The Hall–Kier alpha value is -0.570. The van der Waals surface area contributed by atoms with Crippen molar-refractivity contribution in [3.05, 3.63) is 0 Å². The third kappa shape index (κ3) is 1.13. The molecule has 0 radical (unpaired) electrons. The summed E-state index contributed by atoms with van der Waals surface area (Å²) >= 11 is 0. The van der Waals surface area contributed by atoms with Gasteiger partial charge in [-0.2, -0.15) is 0 Å². The van der Waals surface area contributed by atoms with Gasteiger partial charge in [-0.3, -0.25) is 4.79 Å². The van der Waals surface area contributed by atoms with Crippen LogP contribution in [0.3, 0.4) is 0 Å². The van der Waals surface area contributed by atoms with Crippen LogP contribution in [0.15, 0.2) is 0 Å².